The molecule has 2 aromatic rings. The van der Waals surface area contributed by atoms with Crippen molar-refractivity contribution >= 4 is 17.3 Å². The number of nitro benzene ring substituents is 1. The molecule has 0 saturated heterocycles. The van der Waals surface area contributed by atoms with E-state index in [0.717, 1.165) is 5.69 Å². The molecule has 0 bridgehead atoms. The van der Waals surface area contributed by atoms with Crippen LogP contribution in [0, 0.1) is 10.1 Å². The number of benzene rings is 1. The summed E-state index contributed by atoms with van der Waals surface area (Å²) in [5.41, 5.74) is 1.31. The molecule has 0 spiro atoms. The number of nitrogens with zero attached hydrogens (tertiary/aromatic N) is 3. The molecule has 0 radical (unpaired) electrons. The average molecular weight is 267 g/mol. The van der Waals surface area contributed by atoms with Gasteiger partial charge in [-0.1, -0.05) is 11.6 Å². The first-order valence-electron chi connectivity index (χ1n) is 5.25. The largest absolute Gasteiger partial charge is 0.314 e. The fourth-order valence-electron chi connectivity index (χ4n) is 1.56. The van der Waals surface area contributed by atoms with Crippen molar-refractivity contribution in [2.75, 3.05) is 7.05 Å². The second kappa shape index (κ2) is 5.16. The summed E-state index contributed by atoms with van der Waals surface area (Å²) >= 11 is 6.02. The quantitative estimate of drug-likeness (QED) is 0.680. The molecular formula is C11H11ClN4O2. The van der Waals surface area contributed by atoms with Gasteiger partial charge in [0.25, 0.3) is 5.69 Å². The van der Waals surface area contributed by atoms with Gasteiger partial charge in [0.15, 0.2) is 0 Å². The molecule has 1 aromatic heterocycles. The summed E-state index contributed by atoms with van der Waals surface area (Å²) in [5, 5.41) is 18.4. The van der Waals surface area contributed by atoms with E-state index in [0.29, 0.717) is 17.3 Å². The van der Waals surface area contributed by atoms with E-state index in [1.807, 2.05) is 13.1 Å². The van der Waals surface area contributed by atoms with Crippen molar-refractivity contribution in [1.29, 1.82) is 0 Å². The van der Waals surface area contributed by atoms with E-state index in [2.05, 4.69) is 10.4 Å². The summed E-state index contributed by atoms with van der Waals surface area (Å²) in [4.78, 5) is 10.3. The van der Waals surface area contributed by atoms with Crippen molar-refractivity contribution in [2.45, 2.75) is 6.54 Å². The normalized spacial score (nSPS) is 10.6. The molecule has 18 heavy (non-hydrogen) atoms. The van der Waals surface area contributed by atoms with Crippen LogP contribution in [-0.4, -0.2) is 21.8 Å². The zero-order valence-corrected chi connectivity index (χ0v) is 10.4. The topological polar surface area (TPSA) is 73.0 Å². The lowest BCUT2D eigenvalue weighted by Crippen LogP contribution is -2.06. The van der Waals surface area contributed by atoms with Gasteiger partial charge in [-0.2, -0.15) is 5.10 Å². The fraction of sp³-hybridized carbons (Fsp3) is 0.182. The van der Waals surface area contributed by atoms with Crippen molar-refractivity contribution in [1.82, 2.24) is 15.1 Å². The molecule has 6 nitrogen and oxygen atoms in total. The van der Waals surface area contributed by atoms with Crippen LogP contribution in [0.3, 0.4) is 0 Å². The van der Waals surface area contributed by atoms with Gasteiger partial charge in [-0.15, -0.1) is 0 Å². The highest BCUT2D eigenvalue weighted by molar-refractivity contribution is 6.32. The minimum Gasteiger partial charge on any atom is -0.314 e. The SMILES string of the molecule is CNCc1ccn(-c2cc([N+](=O)[O-])ccc2Cl)n1. The maximum Gasteiger partial charge on any atom is 0.271 e. The van der Waals surface area contributed by atoms with Crippen molar-refractivity contribution in [2.24, 2.45) is 0 Å². The molecule has 0 aliphatic rings. The second-order valence-corrected chi connectivity index (χ2v) is 4.08. The molecule has 94 valence electrons. The third kappa shape index (κ3) is 2.49. The Kier molecular flexibility index (Phi) is 3.59. The van der Waals surface area contributed by atoms with E-state index < -0.39 is 4.92 Å². The first-order valence-corrected chi connectivity index (χ1v) is 5.63. The van der Waals surface area contributed by atoms with Crippen LogP contribution in [0.15, 0.2) is 30.5 Å². The molecular weight excluding hydrogens is 256 g/mol. The highest BCUT2D eigenvalue weighted by Gasteiger charge is 2.12. The number of hydrogen-bond acceptors (Lipinski definition) is 4. The van der Waals surface area contributed by atoms with E-state index in [1.165, 1.54) is 22.9 Å². The maximum atomic E-state index is 10.7. The molecule has 0 aliphatic carbocycles. The molecule has 2 rings (SSSR count). The van der Waals surface area contributed by atoms with Gasteiger partial charge in [-0.25, -0.2) is 4.68 Å². The molecule has 1 aromatic carbocycles. The first-order chi connectivity index (χ1) is 8.61. The highest BCUT2D eigenvalue weighted by atomic mass is 35.5. The predicted molar refractivity (Wildman–Crippen MR) is 68.0 cm³/mol. The Morgan fingerprint density at radius 1 is 1.50 bits per heavy atom. The van der Waals surface area contributed by atoms with Crippen LogP contribution in [0.1, 0.15) is 5.69 Å². The molecule has 0 fully saturated rings. The molecule has 0 saturated carbocycles. The van der Waals surface area contributed by atoms with Gasteiger partial charge in [0.2, 0.25) is 0 Å². The van der Waals surface area contributed by atoms with E-state index >= 15 is 0 Å². The van der Waals surface area contributed by atoms with Gasteiger partial charge >= 0.3 is 0 Å². The summed E-state index contributed by atoms with van der Waals surface area (Å²) in [6.45, 7) is 0.625. The lowest BCUT2D eigenvalue weighted by molar-refractivity contribution is -0.384. The van der Waals surface area contributed by atoms with Gasteiger partial charge < -0.3 is 5.32 Å². The number of hydrogen-bond donors (Lipinski definition) is 1. The monoisotopic (exact) mass is 266 g/mol. The minimum atomic E-state index is -0.460. The Bertz CT molecular complexity index is 582. The molecule has 0 aliphatic heterocycles. The number of aromatic nitrogens is 2. The molecule has 0 atom stereocenters. The second-order valence-electron chi connectivity index (χ2n) is 3.67. The molecule has 1 N–H and O–H groups in total. The third-order valence-corrected chi connectivity index (χ3v) is 2.71. The van der Waals surface area contributed by atoms with Gasteiger partial charge in [-0.3, -0.25) is 10.1 Å². The number of nitrogens with one attached hydrogen (secondary N) is 1. The standard InChI is InChI=1S/C11H11ClN4O2/c1-13-7-8-4-5-15(14-8)11-6-9(16(17)18)2-3-10(11)12/h2-6,13H,7H2,1H3. The lowest BCUT2D eigenvalue weighted by Gasteiger charge is -2.04. The zero-order valence-electron chi connectivity index (χ0n) is 9.63. The zero-order chi connectivity index (χ0) is 13.1. The highest BCUT2D eigenvalue weighted by Crippen LogP contribution is 2.25. The number of rotatable bonds is 4. The predicted octanol–water partition coefficient (Wildman–Crippen LogP) is 2.15. The van der Waals surface area contributed by atoms with Gasteiger partial charge in [0.05, 0.1) is 21.3 Å². The van der Waals surface area contributed by atoms with Gasteiger partial charge in [-0.05, 0) is 19.2 Å². The van der Waals surface area contributed by atoms with Crippen LogP contribution < -0.4 is 5.32 Å². The molecule has 1 heterocycles. The Hall–Kier alpha value is -1.92. The first kappa shape index (κ1) is 12.5. The molecule has 0 unspecified atom stereocenters. The van der Waals surface area contributed by atoms with Crippen LogP contribution in [0.5, 0.6) is 0 Å². The van der Waals surface area contributed by atoms with E-state index in [-0.39, 0.29) is 5.69 Å². The van der Waals surface area contributed by atoms with Crippen LogP contribution in [0.25, 0.3) is 5.69 Å². The minimum absolute atomic E-state index is 0.0138. The van der Waals surface area contributed by atoms with E-state index in [4.69, 9.17) is 11.6 Å². The van der Waals surface area contributed by atoms with Crippen LogP contribution in [-0.2, 0) is 6.54 Å². The smallest absolute Gasteiger partial charge is 0.271 e. The Balaban J connectivity index is 2.41. The summed E-state index contributed by atoms with van der Waals surface area (Å²) < 4.78 is 1.53. The Morgan fingerprint density at radius 2 is 2.28 bits per heavy atom. The van der Waals surface area contributed by atoms with E-state index in [9.17, 15) is 10.1 Å². The number of non-ortho nitro benzene ring substituents is 1. The van der Waals surface area contributed by atoms with Crippen LogP contribution in [0.2, 0.25) is 5.02 Å². The van der Waals surface area contributed by atoms with Crippen molar-refractivity contribution in [3.05, 3.63) is 51.3 Å². The third-order valence-electron chi connectivity index (χ3n) is 2.39. The summed E-state index contributed by atoms with van der Waals surface area (Å²) in [7, 11) is 1.82. The van der Waals surface area contributed by atoms with Crippen LogP contribution in [0.4, 0.5) is 5.69 Å². The van der Waals surface area contributed by atoms with Gasteiger partial charge in [0, 0.05) is 24.9 Å². The summed E-state index contributed by atoms with van der Waals surface area (Å²) in [6, 6.07) is 6.09. The van der Waals surface area contributed by atoms with E-state index in [1.54, 1.807) is 6.20 Å². The number of halogens is 1. The maximum absolute atomic E-state index is 10.7. The fourth-order valence-corrected chi connectivity index (χ4v) is 1.77. The summed E-state index contributed by atoms with van der Waals surface area (Å²) in [6.07, 6.45) is 1.72. The Morgan fingerprint density at radius 3 is 2.94 bits per heavy atom. The van der Waals surface area contributed by atoms with Gasteiger partial charge in [0.1, 0.15) is 0 Å². The molecule has 7 heteroatoms. The molecule has 0 amide bonds. The summed E-state index contributed by atoms with van der Waals surface area (Å²) in [5.74, 6) is 0. The average Bonchev–Trinajstić information content (AvgIpc) is 2.78. The van der Waals surface area contributed by atoms with Crippen molar-refractivity contribution in [3.63, 3.8) is 0 Å². The Labute approximate surface area is 108 Å². The van der Waals surface area contributed by atoms with Crippen molar-refractivity contribution in [3.8, 4) is 5.69 Å². The lowest BCUT2D eigenvalue weighted by atomic mass is 10.3. The van der Waals surface area contributed by atoms with Crippen LogP contribution >= 0.6 is 11.6 Å². The van der Waals surface area contributed by atoms with Crippen molar-refractivity contribution < 1.29 is 4.92 Å². The number of nitro groups is 1.